The molecule has 0 aliphatic carbocycles. The van der Waals surface area contributed by atoms with Crippen LogP contribution in [0.15, 0.2) is 50.1 Å². The summed E-state index contributed by atoms with van der Waals surface area (Å²) in [6.07, 6.45) is 0. The molecule has 0 aliphatic heterocycles. The molecule has 0 saturated carbocycles. The van der Waals surface area contributed by atoms with Crippen LogP contribution in [0.5, 0.6) is 5.75 Å². The van der Waals surface area contributed by atoms with Gasteiger partial charge in [-0.15, -0.1) is 0 Å². The van der Waals surface area contributed by atoms with Crippen LogP contribution in [0.25, 0.3) is 11.1 Å². The third-order valence-corrected chi connectivity index (χ3v) is 3.79. The number of oxazole rings is 1. The summed E-state index contributed by atoms with van der Waals surface area (Å²) in [5, 5.41) is 2.76. The summed E-state index contributed by atoms with van der Waals surface area (Å²) in [4.78, 5) is 26.0. The molecule has 2 N–H and O–H groups in total. The Morgan fingerprint density at radius 3 is 2.86 bits per heavy atom. The minimum atomic E-state index is -0.533. The van der Waals surface area contributed by atoms with Crippen molar-refractivity contribution >= 4 is 38.6 Å². The Balaban J connectivity index is 1.90. The van der Waals surface area contributed by atoms with E-state index in [1.807, 2.05) is 0 Å². The van der Waals surface area contributed by atoms with Gasteiger partial charge in [0.05, 0.1) is 18.2 Å². The Morgan fingerprint density at radius 1 is 1.27 bits per heavy atom. The zero-order valence-corrected chi connectivity index (χ0v) is 13.1. The van der Waals surface area contributed by atoms with Gasteiger partial charge in [0, 0.05) is 10.2 Å². The number of hydrogen-bond donors (Lipinski definition) is 2. The summed E-state index contributed by atoms with van der Waals surface area (Å²) in [5.41, 5.74) is 1.95. The van der Waals surface area contributed by atoms with Gasteiger partial charge in [-0.2, -0.15) is 0 Å². The molecule has 2 aromatic carbocycles. The standard InChI is InChI=1S/C15H11BrN2O4/c1-21-9-3-4-11(16)10(7-9)14(19)17-8-2-5-13-12(6-8)18-15(20)22-13/h2-7H,1H3,(H,17,19)(H,18,20). The third kappa shape index (κ3) is 2.75. The number of nitrogens with one attached hydrogen (secondary N) is 2. The quantitative estimate of drug-likeness (QED) is 0.749. The fourth-order valence-electron chi connectivity index (χ4n) is 2.03. The van der Waals surface area contributed by atoms with Crippen LogP contribution in [0.1, 0.15) is 10.4 Å². The summed E-state index contributed by atoms with van der Waals surface area (Å²) < 4.78 is 10.7. The monoisotopic (exact) mass is 362 g/mol. The Bertz CT molecular complexity index is 913. The molecular weight excluding hydrogens is 352 g/mol. The number of fused-ring (bicyclic) bond motifs is 1. The van der Waals surface area contributed by atoms with Crippen LogP contribution >= 0.6 is 15.9 Å². The molecule has 1 heterocycles. The van der Waals surface area contributed by atoms with Crippen molar-refractivity contribution < 1.29 is 13.9 Å². The number of aromatic amines is 1. The van der Waals surface area contributed by atoms with E-state index in [1.165, 1.54) is 7.11 Å². The molecule has 3 aromatic rings. The van der Waals surface area contributed by atoms with Crippen molar-refractivity contribution in [3.05, 3.63) is 57.0 Å². The molecule has 0 fully saturated rings. The Hall–Kier alpha value is -2.54. The van der Waals surface area contributed by atoms with E-state index in [-0.39, 0.29) is 5.91 Å². The summed E-state index contributed by atoms with van der Waals surface area (Å²) in [6, 6.07) is 10.0. The van der Waals surface area contributed by atoms with E-state index >= 15 is 0 Å². The minimum absolute atomic E-state index is 0.295. The molecule has 3 rings (SSSR count). The second-order valence-electron chi connectivity index (χ2n) is 4.53. The lowest BCUT2D eigenvalue weighted by molar-refractivity contribution is 0.102. The van der Waals surface area contributed by atoms with Crippen molar-refractivity contribution in [2.24, 2.45) is 0 Å². The van der Waals surface area contributed by atoms with Crippen LogP contribution in [-0.2, 0) is 0 Å². The van der Waals surface area contributed by atoms with Gasteiger partial charge < -0.3 is 14.5 Å². The number of ether oxygens (including phenoxy) is 1. The lowest BCUT2D eigenvalue weighted by atomic mass is 10.2. The fourth-order valence-corrected chi connectivity index (χ4v) is 2.46. The lowest BCUT2D eigenvalue weighted by Gasteiger charge is -2.08. The average Bonchev–Trinajstić information content (AvgIpc) is 2.87. The van der Waals surface area contributed by atoms with Gasteiger partial charge in [0.2, 0.25) is 0 Å². The number of rotatable bonds is 3. The van der Waals surface area contributed by atoms with Crippen molar-refractivity contribution in [1.29, 1.82) is 0 Å². The van der Waals surface area contributed by atoms with E-state index < -0.39 is 5.76 Å². The van der Waals surface area contributed by atoms with Crippen molar-refractivity contribution in [3.63, 3.8) is 0 Å². The number of halogens is 1. The zero-order valence-electron chi connectivity index (χ0n) is 11.5. The maximum absolute atomic E-state index is 12.4. The van der Waals surface area contributed by atoms with Crippen molar-refractivity contribution in [2.75, 3.05) is 12.4 Å². The molecule has 7 heteroatoms. The first-order valence-electron chi connectivity index (χ1n) is 6.34. The number of carbonyl (C=O) groups excluding carboxylic acids is 1. The third-order valence-electron chi connectivity index (χ3n) is 3.09. The molecule has 0 unspecified atom stereocenters. The topological polar surface area (TPSA) is 84.3 Å². The Kier molecular flexibility index (Phi) is 3.72. The Labute approximate surface area is 133 Å². The highest BCUT2D eigenvalue weighted by molar-refractivity contribution is 9.10. The summed E-state index contributed by atoms with van der Waals surface area (Å²) in [5.74, 6) is -0.243. The van der Waals surface area contributed by atoms with Crippen LogP contribution in [0.4, 0.5) is 5.69 Å². The van der Waals surface area contributed by atoms with Gasteiger partial charge in [0.25, 0.3) is 5.91 Å². The zero-order chi connectivity index (χ0) is 15.7. The van der Waals surface area contributed by atoms with Crippen LogP contribution in [-0.4, -0.2) is 18.0 Å². The number of aromatic nitrogens is 1. The molecule has 0 spiro atoms. The van der Waals surface area contributed by atoms with E-state index in [2.05, 4.69) is 26.2 Å². The maximum Gasteiger partial charge on any atom is 0.417 e. The lowest BCUT2D eigenvalue weighted by Crippen LogP contribution is -2.12. The van der Waals surface area contributed by atoms with E-state index in [0.717, 1.165) is 0 Å². The molecule has 1 aromatic heterocycles. The first kappa shape index (κ1) is 14.4. The molecule has 0 atom stereocenters. The Morgan fingerprint density at radius 2 is 2.09 bits per heavy atom. The number of methoxy groups -OCH3 is 1. The highest BCUT2D eigenvalue weighted by atomic mass is 79.9. The molecule has 1 amide bonds. The first-order chi connectivity index (χ1) is 10.6. The molecule has 22 heavy (non-hydrogen) atoms. The van der Waals surface area contributed by atoms with Gasteiger partial charge >= 0.3 is 5.76 Å². The molecule has 112 valence electrons. The predicted molar refractivity (Wildman–Crippen MR) is 85.5 cm³/mol. The second-order valence-corrected chi connectivity index (χ2v) is 5.38. The van der Waals surface area contributed by atoms with Gasteiger partial charge in [0.15, 0.2) is 5.58 Å². The molecule has 0 saturated heterocycles. The van der Waals surface area contributed by atoms with Crippen LogP contribution in [0.2, 0.25) is 0 Å². The summed E-state index contributed by atoms with van der Waals surface area (Å²) in [6.45, 7) is 0. The van der Waals surface area contributed by atoms with Gasteiger partial charge in [-0.25, -0.2) is 4.79 Å². The van der Waals surface area contributed by atoms with Crippen LogP contribution in [0, 0.1) is 0 Å². The van der Waals surface area contributed by atoms with Gasteiger partial charge in [-0.3, -0.25) is 9.78 Å². The van der Waals surface area contributed by atoms with Gasteiger partial charge in [-0.1, -0.05) is 0 Å². The highest BCUT2D eigenvalue weighted by Gasteiger charge is 2.12. The second kappa shape index (κ2) is 5.69. The molecule has 6 nitrogen and oxygen atoms in total. The molecule has 0 radical (unpaired) electrons. The number of amides is 1. The number of H-pyrrole nitrogens is 1. The van der Waals surface area contributed by atoms with E-state index in [1.54, 1.807) is 36.4 Å². The van der Waals surface area contributed by atoms with Gasteiger partial charge in [-0.05, 0) is 52.3 Å². The normalized spacial score (nSPS) is 10.6. The highest BCUT2D eigenvalue weighted by Crippen LogP contribution is 2.24. The number of benzene rings is 2. The maximum atomic E-state index is 12.4. The first-order valence-corrected chi connectivity index (χ1v) is 7.14. The summed E-state index contributed by atoms with van der Waals surface area (Å²) in [7, 11) is 1.54. The SMILES string of the molecule is COc1ccc(Br)c(C(=O)Nc2ccc3oc(=O)[nH]c3c2)c1. The van der Waals surface area contributed by atoms with Crippen LogP contribution in [0.3, 0.4) is 0 Å². The molecule has 0 bridgehead atoms. The van der Waals surface area contributed by atoms with E-state index in [0.29, 0.717) is 32.6 Å². The number of anilines is 1. The summed E-state index contributed by atoms with van der Waals surface area (Å²) >= 11 is 3.34. The predicted octanol–water partition coefficient (Wildman–Crippen LogP) is 3.14. The number of carbonyl (C=O) groups is 1. The average molecular weight is 363 g/mol. The van der Waals surface area contributed by atoms with Crippen molar-refractivity contribution in [1.82, 2.24) is 4.98 Å². The van der Waals surface area contributed by atoms with E-state index in [4.69, 9.17) is 9.15 Å². The smallest absolute Gasteiger partial charge is 0.417 e. The van der Waals surface area contributed by atoms with Gasteiger partial charge in [0.1, 0.15) is 5.75 Å². The van der Waals surface area contributed by atoms with Crippen LogP contribution < -0.4 is 15.8 Å². The molecule has 0 aliphatic rings. The molecular formula is C15H11BrN2O4. The van der Waals surface area contributed by atoms with Crippen molar-refractivity contribution in [2.45, 2.75) is 0 Å². The largest absolute Gasteiger partial charge is 0.497 e. The fraction of sp³-hybridized carbons (Fsp3) is 0.0667. The number of hydrogen-bond acceptors (Lipinski definition) is 4. The van der Waals surface area contributed by atoms with Crippen molar-refractivity contribution in [3.8, 4) is 5.75 Å². The minimum Gasteiger partial charge on any atom is -0.497 e. The van der Waals surface area contributed by atoms with E-state index in [9.17, 15) is 9.59 Å².